The average Bonchev–Trinajstić information content (AvgIpc) is 2.82. The summed E-state index contributed by atoms with van der Waals surface area (Å²) in [5, 5.41) is 0. The molecule has 0 aliphatic carbocycles. The number of carbonyl (C=O) groups excluding carboxylic acids is 3. The Kier molecular flexibility index (Phi) is 8.12. The van der Waals surface area contributed by atoms with Crippen LogP contribution >= 0.6 is 0 Å². The summed E-state index contributed by atoms with van der Waals surface area (Å²) in [6.45, 7) is 8.09. The molecule has 1 aromatic rings. The Balaban J connectivity index is 1.50. The van der Waals surface area contributed by atoms with Crippen LogP contribution in [0.15, 0.2) is 29.2 Å². The molecule has 2 heterocycles. The highest BCUT2D eigenvalue weighted by Crippen LogP contribution is 2.26. The molecule has 182 valence electrons. The number of rotatable bonds is 6. The summed E-state index contributed by atoms with van der Waals surface area (Å²) in [5.41, 5.74) is 0.464. The van der Waals surface area contributed by atoms with Gasteiger partial charge < -0.3 is 14.5 Å². The molecule has 2 fully saturated rings. The summed E-state index contributed by atoms with van der Waals surface area (Å²) in [4.78, 5) is 40.0. The van der Waals surface area contributed by atoms with Gasteiger partial charge in [-0.25, -0.2) is 13.2 Å². The first-order chi connectivity index (χ1) is 15.6. The predicted octanol–water partition coefficient (Wildman–Crippen LogP) is 2.23. The molecule has 0 bridgehead atoms. The standard InChI is InChI=1S/C23H33N3O6S/c1-17(2)16-32-23(29)25-14-12-24(13-15-25)22(28)20-8-10-26(11-9-20)33(30,31)21-6-4-19(5-7-21)18(3)27/h4-7,17,20H,8-16H2,1-3H3. The largest absolute Gasteiger partial charge is 0.449 e. The molecule has 2 aliphatic rings. The van der Waals surface area contributed by atoms with E-state index in [1.807, 2.05) is 13.8 Å². The van der Waals surface area contributed by atoms with Crippen LogP contribution < -0.4 is 0 Å². The highest BCUT2D eigenvalue weighted by molar-refractivity contribution is 7.89. The number of hydrogen-bond donors (Lipinski definition) is 0. The van der Waals surface area contributed by atoms with Crippen molar-refractivity contribution in [1.29, 1.82) is 0 Å². The number of ketones is 1. The fraction of sp³-hybridized carbons (Fsp3) is 0.609. The summed E-state index contributed by atoms with van der Waals surface area (Å²) < 4.78 is 32.5. The SMILES string of the molecule is CC(=O)c1ccc(S(=O)(=O)N2CCC(C(=O)N3CCN(C(=O)OCC(C)C)CC3)CC2)cc1. The molecular formula is C23H33N3O6S. The minimum absolute atomic E-state index is 0.0213. The van der Waals surface area contributed by atoms with Gasteiger partial charge in [0.05, 0.1) is 11.5 Å². The van der Waals surface area contributed by atoms with Gasteiger partial charge in [0.1, 0.15) is 0 Å². The van der Waals surface area contributed by atoms with Crippen LogP contribution in [0.4, 0.5) is 4.79 Å². The van der Waals surface area contributed by atoms with Crippen molar-refractivity contribution in [1.82, 2.24) is 14.1 Å². The van der Waals surface area contributed by atoms with Crippen molar-refractivity contribution in [3.8, 4) is 0 Å². The number of Topliss-reactive ketones (excluding diaryl/α,β-unsaturated/α-hetero) is 1. The van der Waals surface area contributed by atoms with Crippen molar-refractivity contribution >= 4 is 27.8 Å². The molecule has 0 atom stereocenters. The second-order valence-corrected chi connectivity index (χ2v) is 11.0. The molecule has 3 rings (SSSR count). The van der Waals surface area contributed by atoms with E-state index in [0.29, 0.717) is 51.2 Å². The average molecular weight is 480 g/mol. The number of benzene rings is 1. The van der Waals surface area contributed by atoms with Crippen LogP contribution in [0.5, 0.6) is 0 Å². The van der Waals surface area contributed by atoms with Crippen LogP contribution in [0.3, 0.4) is 0 Å². The number of piperazine rings is 1. The van der Waals surface area contributed by atoms with Crippen molar-refractivity contribution < 1.29 is 27.5 Å². The number of nitrogens with zero attached hydrogens (tertiary/aromatic N) is 3. The van der Waals surface area contributed by atoms with E-state index in [1.54, 1.807) is 9.80 Å². The van der Waals surface area contributed by atoms with Gasteiger partial charge in [0.15, 0.2) is 5.78 Å². The lowest BCUT2D eigenvalue weighted by Gasteiger charge is -2.38. The van der Waals surface area contributed by atoms with E-state index in [9.17, 15) is 22.8 Å². The molecule has 0 spiro atoms. The molecule has 0 unspecified atom stereocenters. The fourth-order valence-corrected chi connectivity index (χ4v) is 5.52. The third-order valence-electron chi connectivity index (χ3n) is 6.09. The lowest BCUT2D eigenvalue weighted by molar-refractivity contribution is -0.138. The minimum atomic E-state index is -3.67. The second-order valence-electron chi connectivity index (χ2n) is 9.04. The van der Waals surface area contributed by atoms with E-state index in [-0.39, 0.29) is 47.6 Å². The van der Waals surface area contributed by atoms with Crippen molar-refractivity contribution in [3.05, 3.63) is 29.8 Å². The van der Waals surface area contributed by atoms with Crippen LogP contribution in [-0.4, -0.2) is 86.2 Å². The van der Waals surface area contributed by atoms with E-state index in [1.165, 1.54) is 35.5 Å². The summed E-state index contributed by atoms with van der Waals surface area (Å²) in [7, 11) is -3.67. The summed E-state index contributed by atoms with van der Waals surface area (Å²) >= 11 is 0. The monoisotopic (exact) mass is 479 g/mol. The van der Waals surface area contributed by atoms with Crippen LogP contribution in [0.25, 0.3) is 0 Å². The Morgan fingerprint density at radius 3 is 2.00 bits per heavy atom. The Labute approximate surface area is 195 Å². The maximum Gasteiger partial charge on any atom is 0.409 e. The molecule has 2 aliphatic heterocycles. The first kappa shape index (κ1) is 25.2. The van der Waals surface area contributed by atoms with Crippen molar-refractivity contribution in [2.24, 2.45) is 11.8 Å². The van der Waals surface area contributed by atoms with Crippen LogP contribution in [-0.2, 0) is 19.6 Å². The second kappa shape index (κ2) is 10.6. The number of amides is 2. The van der Waals surface area contributed by atoms with Gasteiger partial charge in [-0.15, -0.1) is 0 Å². The summed E-state index contributed by atoms with van der Waals surface area (Å²) in [6.07, 6.45) is 0.575. The lowest BCUT2D eigenvalue weighted by Crippen LogP contribution is -2.53. The van der Waals surface area contributed by atoms with Gasteiger partial charge in [-0.2, -0.15) is 4.31 Å². The summed E-state index contributed by atoms with van der Waals surface area (Å²) in [6, 6.07) is 5.94. The predicted molar refractivity (Wildman–Crippen MR) is 122 cm³/mol. The quantitative estimate of drug-likeness (QED) is 0.580. The normalized spacial score (nSPS) is 18.4. The third-order valence-corrected chi connectivity index (χ3v) is 8.00. The van der Waals surface area contributed by atoms with Crippen molar-refractivity contribution in [3.63, 3.8) is 0 Å². The number of sulfonamides is 1. The highest BCUT2D eigenvalue weighted by Gasteiger charge is 2.35. The van der Waals surface area contributed by atoms with Crippen LogP contribution in [0.2, 0.25) is 0 Å². The van der Waals surface area contributed by atoms with E-state index >= 15 is 0 Å². The zero-order chi connectivity index (χ0) is 24.2. The number of hydrogen-bond acceptors (Lipinski definition) is 6. The fourth-order valence-electron chi connectivity index (χ4n) is 4.05. The van der Waals surface area contributed by atoms with Gasteiger partial charge in [0, 0.05) is 50.7 Å². The molecule has 2 amide bonds. The Morgan fingerprint density at radius 1 is 0.939 bits per heavy atom. The summed E-state index contributed by atoms with van der Waals surface area (Å²) in [5.74, 6) is -0.0537. The van der Waals surface area contributed by atoms with Gasteiger partial charge in [0.2, 0.25) is 15.9 Å². The molecule has 0 saturated carbocycles. The first-order valence-electron chi connectivity index (χ1n) is 11.4. The van der Waals surface area contributed by atoms with Gasteiger partial charge in [0.25, 0.3) is 0 Å². The van der Waals surface area contributed by atoms with Crippen molar-refractivity contribution in [2.45, 2.75) is 38.5 Å². The highest BCUT2D eigenvalue weighted by atomic mass is 32.2. The van der Waals surface area contributed by atoms with E-state index in [4.69, 9.17) is 4.74 Å². The zero-order valence-corrected chi connectivity index (χ0v) is 20.3. The van der Waals surface area contributed by atoms with Gasteiger partial charge in [-0.3, -0.25) is 9.59 Å². The maximum absolute atomic E-state index is 13.0. The molecule has 10 heteroatoms. The first-order valence-corrected chi connectivity index (χ1v) is 12.8. The molecule has 33 heavy (non-hydrogen) atoms. The molecular weight excluding hydrogens is 446 g/mol. The molecule has 9 nitrogen and oxygen atoms in total. The van der Waals surface area contributed by atoms with E-state index < -0.39 is 10.0 Å². The van der Waals surface area contributed by atoms with Gasteiger partial charge in [-0.1, -0.05) is 26.0 Å². The van der Waals surface area contributed by atoms with Gasteiger partial charge >= 0.3 is 6.09 Å². The Bertz CT molecular complexity index is 960. The minimum Gasteiger partial charge on any atom is -0.449 e. The molecule has 0 N–H and O–H groups in total. The number of carbonyl (C=O) groups is 3. The van der Waals surface area contributed by atoms with E-state index in [0.717, 1.165) is 0 Å². The maximum atomic E-state index is 13.0. The smallest absolute Gasteiger partial charge is 0.409 e. The third kappa shape index (κ3) is 6.11. The Hall–Kier alpha value is -2.46. The Morgan fingerprint density at radius 2 is 1.48 bits per heavy atom. The van der Waals surface area contributed by atoms with Crippen LogP contribution in [0, 0.1) is 11.8 Å². The van der Waals surface area contributed by atoms with E-state index in [2.05, 4.69) is 0 Å². The number of ether oxygens (including phenoxy) is 1. The number of piperidine rings is 1. The molecule has 1 aromatic carbocycles. The van der Waals surface area contributed by atoms with Gasteiger partial charge in [-0.05, 0) is 37.8 Å². The molecule has 0 radical (unpaired) electrons. The lowest BCUT2D eigenvalue weighted by atomic mass is 9.96. The van der Waals surface area contributed by atoms with Crippen LogP contribution in [0.1, 0.15) is 44.0 Å². The molecule has 2 saturated heterocycles. The van der Waals surface area contributed by atoms with Crippen molar-refractivity contribution in [2.75, 3.05) is 45.9 Å². The molecule has 0 aromatic heterocycles. The zero-order valence-electron chi connectivity index (χ0n) is 19.5. The topological polar surface area (TPSA) is 104 Å².